The normalized spacial score (nSPS) is 12.1. The van der Waals surface area contributed by atoms with Gasteiger partial charge in [-0.25, -0.2) is 4.98 Å². The number of hydrogen-bond donors (Lipinski definition) is 1. The van der Waals surface area contributed by atoms with Crippen molar-refractivity contribution in [2.75, 3.05) is 5.32 Å². The Kier molecular flexibility index (Phi) is 4.36. The molecule has 0 aliphatic rings. The van der Waals surface area contributed by atoms with Crippen LogP contribution in [0.3, 0.4) is 0 Å². The molecular formula is C18H16ClN3O2. The Morgan fingerprint density at radius 1 is 1.21 bits per heavy atom. The van der Waals surface area contributed by atoms with E-state index in [1.807, 2.05) is 32.0 Å². The fourth-order valence-corrected chi connectivity index (χ4v) is 2.87. The topological polar surface area (TPSA) is 68.1 Å². The van der Waals surface area contributed by atoms with Gasteiger partial charge in [0.15, 0.2) is 0 Å². The standard InChI is InChI=1S/C18H16ClN3O2/c1-11-4-3-5-15-16(10-17(19)21-18(11)15)20-12(2)13-6-8-14(9-7-13)22(23)24/h3-10,12H,1-2H3,(H,20,21). The van der Waals surface area contributed by atoms with Crippen LogP contribution in [0.4, 0.5) is 11.4 Å². The molecule has 0 saturated heterocycles. The number of halogens is 1. The van der Waals surface area contributed by atoms with Gasteiger partial charge in [0.2, 0.25) is 0 Å². The Morgan fingerprint density at radius 2 is 1.92 bits per heavy atom. The smallest absolute Gasteiger partial charge is 0.269 e. The van der Waals surface area contributed by atoms with Crippen molar-refractivity contribution >= 4 is 33.9 Å². The number of hydrogen-bond acceptors (Lipinski definition) is 4. The fraction of sp³-hybridized carbons (Fsp3) is 0.167. The van der Waals surface area contributed by atoms with Gasteiger partial charge in [-0.15, -0.1) is 0 Å². The average Bonchev–Trinajstić information content (AvgIpc) is 2.56. The van der Waals surface area contributed by atoms with Gasteiger partial charge in [-0.1, -0.05) is 41.9 Å². The summed E-state index contributed by atoms with van der Waals surface area (Å²) < 4.78 is 0. The summed E-state index contributed by atoms with van der Waals surface area (Å²) in [6.45, 7) is 3.99. The Hall–Kier alpha value is -2.66. The molecule has 0 saturated carbocycles. The zero-order valence-corrected chi connectivity index (χ0v) is 14.0. The van der Waals surface area contributed by atoms with Gasteiger partial charge in [-0.2, -0.15) is 0 Å². The summed E-state index contributed by atoms with van der Waals surface area (Å²) in [5, 5.41) is 15.6. The van der Waals surface area contributed by atoms with E-state index in [1.165, 1.54) is 12.1 Å². The van der Waals surface area contributed by atoms with Crippen LogP contribution in [-0.2, 0) is 0 Å². The van der Waals surface area contributed by atoms with E-state index >= 15 is 0 Å². The van der Waals surface area contributed by atoms with Crippen LogP contribution in [0.1, 0.15) is 24.1 Å². The van der Waals surface area contributed by atoms with Crippen LogP contribution in [-0.4, -0.2) is 9.91 Å². The fourth-order valence-electron chi connectivity index (χ4n) is 2.68. The highest BCUT2D eigenvalue weighted by atomic mass is 35.5. The second-order valence-corrected chi connectivity index (χ2v) is 6.07. The molecule has 2 aromatic carbocycles. The number of benzene rings is 2. The summed E-state index contributed by atoms with van der Waals surface area (Å²) in [5.41, 5.74) is 3.84. The molecule has 0 spiro atoms. The first kappa shape index (κ1) is 16.2. The molecule has 3 rings (SSSR count). The monoisotopic (exact) mass is 341 g/mol. The minimum absolute atomic E-state index is 0.0343. The minimum atomic E-state index is -0.402. The van der Waals surface area contributed by atoms with Crippen molar-refractivity contribution in [1.29, 1.82) is 0 Å². The van der Waals surface area contributed by atoms with Gasteiger partial charge in [0.1, 0.15) is 5.15 Å². The maximum absolute atomic E-state index is 10.8. The highest BCUT2D eigenvalue weighted by Crippen LogP contribution is 2.30. The lowest BCUT2D eigenvalue weighted by Crippen LogP contribution is -2.07. The SMILES string of the molecule is Cc1cccc2c(NC(C)c3ccc([N+](=O)[O-])cc3)cc(Cl)nc12. The largest absolute Gasteiger partial charge is 0.378 e. The van der Waals surface area contributed by atoms with Crippen LogP contribution in [0.5, 0.6) is 0 Å². The van der Waals surface area contributed by atoms with Crippen molar-refractivity contribution in [2.24, 2.45) is 0 Å². The molecule has 1 N–H and O–H groups in total. The summed E-state index contributed by atoms with van der Waals surface area (Å²) in [7, 11) is 0. The van der Waals surface area contributed by atoms with Gasteiger partial charge in [0.05, 0.1) is 10.4 Å². The Balaban J connectivity index is 1.94. The molecule has 24 heavy (non-hydrogen) atoms. The minimum Gasteiger partial charge on any atom is -0.378 e. The molecule has 1 unspecified atom stereocenters. The average molecular weight is 342 g/mol. The molecule has 5 nitrogen and oxygen atoms in total. The van der Waals surface area contributed by atoms with Gasteiger partial charge >= 0.3 is 0 Å². The molecule has 1 aromatic heterocycles. The van der Waals surface area contributed by atoms with Crippen LogP contribution in [0, 0.1) is 17.0 Å². The van der Waals surface area contributed by atoms with E-state index in [-0.39, 0.29) is 11.7 Å². The number of nitro benzene ring substituents is 1. The maximum Gasteiger partial charge on any atom is 0.269 e. The third-order valence-corrected chi connectivity index (χ3v) is 4.18. The number of aromatic nitrogens is 1. The van der Waals surface area contributed by atoms with Crippen molar-refractivity contribution in [3.8, 4) is 0 Å². The number of pyridine rings is 1. The second kappa shape index (κ2) is 6.45. The zero-order valence-electron chi connectivity index (χ0n) is 13.3. The Bertz CT molecular complexity index is 910. The van der Waals surface area contributed by atoms with Gasteiger partial charge in [0, 0.05) is 29.2 Å². The van der Waals surface area contributed by atoms with E-state index < -0.39 is 4.92 Å². The Morgan fingerprint density at radius 3 is 2.58 bits per heavy atom. The first-order valence-corrected chi connectivity index (χ1v) is 7.90. The Labute approximate surface area is 144 Å². The highest BCUT2D eigenvalue weighted by molar-refractivity contribution is 6.30. The lowest BCUT2D eigenvalue weighted by molar-refractivity contribution is -0.384. The van der Waals surface area contributed by atoms with Crippen LogP contribution >= 0.6 is 11.6 Å². The molecule has 0 radical (unpaired) electrons. The van der Waals surface area contributed by atoms with Gasteiger partial charge < -0.3 is 5.32 Å². The molecule has 1 heterocycles. The van der Waals surface area contributed by atoms with Crippen molar-refractivity contribution < 1.29 is 4.92 Å². The number of non-ortho nitro benzene ring substituents is 1. The van der Waals surface area contributed by atoms with Crippen LogP contribution < -0.4 is 5.32 Å². The molecule has 0 aliphatic carbocycles. The number of nitrogens with zero attached hydrogens (tertiary/aromatic N) is 2. The molecule has 0 amide bonds. The number of anilines is 1. The molecule has 0 bridgehead atoms. The lowest BCUT2D eigenvalue weighted by Gasteiger charge is -2.18. The number of para-hydroxylation sites is 1. The molecular weight excluding hydrogens is 326 g/mol. The molecule has 1 atom stereocenters. The number of nitrogens with one attached hydrogen (secondary N) is 1. The summed E-state index contributed by atoms with van der Waals surface area (Å²) in [4.78, 5) is 14.8. The van der Waals surface area contributed by atoms with Gasteiger partial charge in [0.25, 0.3) is 5.69 Å². The van der Waals surface area contributed by atoms with E-state index in [2.05, 4.69) is 10.3 Å². The summed E-state index contributed by atoms with van der Waals surface area (Å²) in [6, 6.07) is 14.3. The lowest BCUT2D eigenvalue weighted by atomic mass is 10.1. The predicted molar refractivity (Wildman–Crippen MR) is 96.6 cm³/mol. The van der Waals surface area contributed by atoms with Crippen LogP contribution in [0.25, 0.3) is 10.9 Å². The van der Waals surface area contributed by atoms with Crippen molar-refractivity contribution in [3.63, 3.8) is 0 Å². The first-order chi connectivity index (χ1) is 11.5. The maximum atomic E-state index is 10.8. The quantitative estimate of drug-likeness (QED) is 0.398. The van der Waals surface area contributed by atoms with E-state index in [9.17, 15) is 10.1 Å². The van der Waals surface area contributed by atoms with Gasteiger partial charge in [-0.3, -0.25) is 10.1 Å². The summed E-state index contributed by atoms with van der Waals surface area (Å²) in [6.07, 6.45) is 0. The number of rotatable bonds is 4. The van der Waals surface area contributed by atoms with Crippen molar-refractivity contribution in [2.45, 2.75) is 19.9 Å². The third kappa shape index (κ3) is 3.16. The molecule has 122 valence electrons. The van der Waals surface area contributed by atoms with Crippen LogP contribution in [0.15, 0.2) is 48.5 Å². The van der Waals surface area contributed by atoms with Crippen molar-refractivity contribution in [3.05, 3.63) is 74.9 Å². The first-order valence-electron chi connectivity index (χ1n) is 7.52. The van der Waals surface area contributed by atoms with Crippen LogP contribution in [0.2, 0.25) is 5.15 Å². The number of aryl methyl sites for hydroxylation is 1. The van der Waals surface area contributed by atoms with E-state index in [1.54, 1.807) is 18.2 Å². The summed E-state index contributed by atoms with van der Waals surface area (Å²) >= 11 is 6.15. The third-order valence-electron chi connectivity index (χ3n) is 3.99. The van der Waals surface area contributed by atoms with E-state index in [0.29, 0.717) is 5.15 Å². The van der Waals surface area contributed by atoms with E-state index in [4.69, 9.17) is 11.6 Å². The molecule has 6 heteroatoms. The molecule has 0 aliphatic heterocycles. The molecule has 0 fully saturated rings. The van der Waals surface area contributed by atoms with Gasteiger partial charge in [-0.05, 0) is 31.0 Å². The van der Waals surface area contributed by atoms with Crippen molar-refractivity contribution in [1.82, 2.24) is 4.98 Å². The summed E-state index contributed by atoms with van der Waals surface area (Å²) in [5.74, 6) is 0. The highest BCUT2D eigenvalue weighted by Gasteiger charge is 2.12. The number of fused-ring (bicyclic) bond motifs is 1. The molecule has 3 aromatic rings. The predicted octanol–water partition coefficient (Wildman–Crippen LogP) is 5.28. The number of nitro groups is 1. The van der Waals surface area contributed by atoms with E-state index in [0.717, 1.165) is 27.7 Å². The second-order valence-electron chi connectivity index (χ2n) is 5.68. The zero-order chi connectivity index (χ0) is 17.3.